The Balaban J connectivity index is 0.00000288. The van der Waals surface area contributed by atoms with E-state index in [-0.39, 0.29) is 24.0 Å². The molecule has 0 spiro atoms. The van der Waals surface area contributed by atoms with Crippen molar-refractivity contribution in [1.29, 1.82) is 0 Å². The monoisotopic (exact) mass is 497 g/mol. The Morgan fingerprint density at radius 2 is 2.17 bits per heavy atom. The highest BCUT2D eigenvalue weighted by molar-refractivity contribution is 14.0. The number of nitrogens with one attached hydrogen (secondary N) is 2. The van der Waals surface area contributed by atoms with E-state index in [1.54, 1.807) is 41.5 Å². The first-order valence-corrected chi connectivity index (χ1v) is 10.3. The molecule has 0 amide bonds. The first-order valence-electron chi connectivity index (χ1n) is 7.60. The Morgan fingerprint density at radius 3 is 2.79 bits per heavy atom. The fourth-order valence-corrected chi connectivity index (χ4v) is 4.31. The van der Waals surface area contributed by atoms with E-state index in [0.29, 0.717) is 12.5 Å². The molecule has 0 unspecified atom stereocenters. The first-order chi connectivity index (χ1) is 11.2. The van der Waals surface area contributed by atoms with E-state index in [2.05, 4.69) is 44.8 Å². The standard InChI is InChI=1S/C15H23N5S3.HI/c1-11(2)12-10-23-13(20-12)9-19-14(16-3)17-5-4-7-21-15-18-6-8-22-15;/h6,8,10-11H,4-5,7,9H2,1-3H3,(H2,16,17,19);1H. The molecule has 2 aromatic heterocycles. The summed E-state index contributed by atoms with van der Waals surface area (Å²) in [4.78, 5) is 13.1. The van der Waals surface area contributed by atoms with Crippen LogP contribution in [0.25, 0.3) is 0 Å². The number of hydrogen-bond donors (Lipinski definition) is 2. The molecular weight excluding hydrogens is 473 g/mol. The second-order valence-electron chi connectivity index (χ2n) is 5.17. The topological polar surface area (TPSA) is 62.2 Å². The van der Waals surface area contributed by atoms with Crippen LogP contribution < -0.4 is 10.6 Å². The SMILES string of the molecule is CN=C(NCCCSc1nccs1)NCc1nc(C(C)C)cs1.I. The van der Waals surface area contributed by atoms with Gasteiger partial charge in [-0.15, -0.1) is 46.7 Å². The van der Waals surface area contributed by atoms with Crippen molar-refractivity contribution in [1.82, 2.24) is 20.6 Å². The van der Waals surface area contributed by atoms with Crippen LogP contribution in [-0.2, 0) is 6.54 Å². The average molecular weight is 497 g/mol. The van der Waals surface area contributed by atoms with Crippen molar-refractivity contribution in [3.8, 4) is 0 Å². The molecule has 0 aliphatic heterocycles. The highest BCUT2D eigenvalue weighted by atomic mass is 127. The number of thioether (sulfide) groups is 1. The lowest BCUT2D eigenvalue weighted by Crippen LogP contribution is -2.37. The van der Waals surface area contributed by atoms with Gasteiger partial charge < -0.3 is 10.6 Å². The summed E-state index contributed by atoms with van der Waals surface area (Å²) in [5, 5.41) is 11.9. The van der Waals surface area contributed by atoms with Gasteiger partial charge in [0.1, 0.15) is 9.35 Å². The van der Waals surface area contributed by atoms with Crippen LogP contribution in [0.2, 0.25) is 0 Å². The molecular formula is C15H24IN5S3. The minimum absolute atomic E-state index is 0. The summed E-state index contributed by atoms with van der Waals surface area (Å²) in [7, 11) is 1.79. The molecule has 2 heterocycles. The number of halogens is 1. The molecule has 0 fully saturated rings. The second-order valence-corrected chi connectivity index (χ2v) is 8.35. The molecule has 2 aromatic rings. The van der Waals surface area contributed by atoms with Gasteiger partial charge in [0, 0.05) is 36.3 Å². The number of guanidine groups is 1. The maximum Gasteiger partial charge on any atom is 0.191 e. The van der Waals surface area contributed by atoms with E-state index in [1.807, 2.05) is 11.6 Å². The lowest BCUT2D eigenvalue weighted by Gasteiger charge is -2.10. The zero-order chi connectivity index (χ0) is 16.5. The zero-order valence-electron chi connectivity index (χ0n) is 14.1. The summed E-state index contributed by atoms with van der Waals surface area (Å²) in [5.41, 5.74) is 1.16. The number of aromatic nitrogens is 2. The van der Waals surface area contributed by atoms with Crippen molar-refractivity contribution in [3.63, 3.8) is 0 Å². The predicted molar refractivity (Wildman–Crippen MR) is 117 cm³/mol. The van der Waals surface area contributed by atoms with Crippen LogP contribution in [-0.4, -0.2) is 35.3 Å². The van der Waals surface area contributed by atoms with Gasteiger partial charge in [0.25, 0.3) is 0 Å². The van der Waals surface area contributed by atoms with Crippen molar-refractivity contribution in [2.24, 2.45) is 4.99 Å². The number of hydrogen-bond acceptors (Lipinski definition) is 6. The highest BCUT2D eigenvalue weighted by Crippen LogP contribution is 2.20. The molecule has 0 aliphatic rings. The Bertz CT molecular complexity index is 598. The maximum atomic E-state index is 4.62. The Hall–Kier alpha value is -0.390. The van der Waals surface area contributed by atoms with Crippen LogP contribution in [0.15, 0.2) is 26.3 Å². The molecule has 0 aliphatic carbocycles. The largest absolute Gasteiger partial charge is 0.356 e. The van der Waals surface area contributed by atoms with Gasteiger partial charge in [-0.25, -0.2) is 9.97 Å². The summed E-state index contributed by atoms with van der Waals surface area (Å²) >= 11 is 5.19. The van der Waals surface area contributed by atoms with E-state index >= 15 is 0 Å². The third-order valence-corrected chi connectivity index (χ3v) is 5.96. The van der Waals surface area contributed by atoms with Crippen molar-refractivity contribution >= 4 is 64.4 Å². The molecule has 0 aromatic carbocycles. The smallest absolute Gasteiger partial charge is 0.191 e. The van der Waals surface area contributed by atoms with Crippen LogP contribution in [0.3, 0.4) is 0 Å². The van der Waals surface area contributed by atoms with Crippen molar-refractivity contribution in [2.45, 2.75) is 37.1 Å². The molecule has 0 radical (unpaired) electrons. The second kappa shape index (κ2) is 12.0. The van der Waals surface area contributed by atoms with Crippen molar-refractivity contribution < 1.29 is 0 Å². The normalized spacial score (nSPS) is 11.4. The van der Waals surface area contributed by atoms with E-state index in [1.165, 1.54) is 0 Å². The third-order valence-electron chi connectivity index (χ3n) is 3.04. The van der Waals surface area contributed by atoms with E-state index in [4.69, 9.17) is 0 Å². The zero-order valence-corrected chi connectivity index (χ0v) is 18.9. The quantitative estimate of drug-likeness (QED) is 0.188. The fourth-order valence-electron chi connectivity index (χ4n) is 1.77. The molecule has 24 heavy (non-hydrogen) atoms. The third kappa shape index (κ3) is 7.66. The van der Waals surface area contributed by atoms with Gasteiger partial charge in [-0.2, -0.15) is 0 Å². The fraction of sp³-hybridized carbons (Fsp3) is 0.533. The average Bonchev–Trinajstić information content (AvgIpc) is 3.21. The lowest BCUT2D eigenvalue weighted by molar-refractivity contribution is 0.772. The minimum atomic E-state index is 0. The molecule has 9 heteroatoms. The van der Waals surface area contributed by atoms with Crippen LogP contribution in [0.1, 0.15) is 36.9 Å². The van der Waals surface area contributed by atoms with E-state index < -0.39 is 0 Å². The summed E-state index contributed by atoms with van der Waals surface area (Å²) in [6, 6.07) is 0. The predicted octanol–water partition coefficient (Wildman–Crippen LogP) is 4.19. The summed E-state index contributed by atoms with van der Waals surface area (Å²) in [6.07, 6.45) is 2.92. The van der Waals surface area contributed by atoms with Gasteiger partial charge in [0.2, 0.25) is 0 Å². The Kier molecular flexibility index (Phi) is 10.9. The van der Waals surface area contributed by atoms with Gasteiger partial charge in [-0.1, -0.05) is 25.6 Å². The molecule has 0 saturated carbocycles. The summed E-state index contributed by atoms with van der Waals surface area (Å²) < 4.78 is 1.14. The molecule has 0 saturated heterocycles. The van der Waals surface area contributed by atoms with Gasteiger partial charge in [0.05, 0.1) is 12.2 Å². The molecule has 0 bridgehead atoms. The molecule has 2 rings (SSSR count). The van der Waals surface area contributed by atoms with E-state index in [9.17, 15) is 0 Å². The van der Waals surface area contributed by atoms with Crippen LogP contribution >= 0.6 is 58.4 Å². The summed E-state index contributed by atoms with van der Waals surface area (Å²) in [5.74, 6) is 2.36. The number of thiazole rings is 2. The Morgan fingerprint density at radius 1 is 1.33 bits per heavy atom. The van der Waals surface area contributed by atoms with Crippen molar-refractivity contribution in [2.75, 3.05) is 19.3 Å². The molecule has 5 nitrogen and oxygen atoms in total. The van der Waals surface area contributed by atoms with Gasteiger partial charge in [0.15, 0.2) is 5.96 Å². The number of nitrogens with zero attached hydrogens (tertiary/aromatic N) is 3. The highest BCUT2D eigenvalue weighted by Gasteiger charge is 2.06. The summed E-state index contributed by atoms with van der Waals surface area (Å²) in [6.45, 7) is 5.94. The van der Waals surface area contributed by atoms with Crippen LogP contribution in [0.5, 0.6) is 0 Å². The van der Waals surface area contributed by atoms with Gasteiger partial charge in [-0.3, -0.25) is 4.99 Å². The molecule has 2 N–H and O–H groups in total. The molecule has 134 valence electrons. The van der Waals surface area contributed by atoms with Gasteiger partial charge >= 0.3 is 0 Å². The first kappa shape index (κ1) is 21.7. The van der Waals surface area contributed by atoms with E-state index in [0.717, 1.165) is 39.7 Å². The van der Waals surface area contributed by atoms with Crippen LogP contribution in [0, 0.1) is 0 Å². The van der Waals surface area contributed by atoms with Gasteiger partial charge in [-0.05, 0) is 12.3 Å². The Labute approximate surface area is 173 Å². The van der Waals surface area contributed by atoms with Crippen LogP contribution in [0.4, 0.5) is 0 Å². The molecule has 0 atom stereocenters. The lowest BCUT2D eigenvalue weighted by atomic mass is 10.2. The number of aliphatic imine (C=N–C) groups is 1. The minimum Gasteiger partial charge on any atom is -0.356 e. The van der Waals surface area contributed by atoms with Crippen molar-refractivity contribution in [3.05, 3.63) is 27.7 Å². The maximum absolute atomic E-state index is 4.62. The number of rotatable bonds is 8.